The molecule has 0 atom stereocenters. The molecule has 2 rings (SSSR count). The van der Waals surface area contributed by atoms with Gasteiger partial charge in [0.1, 0.15) is 5.75 Å². The van der Waals surface area contributed by atoms with E-state index < -0.39 is 6.03 Å². The summed E-state index contributed by atoms with van der Waals surface area (Å²) in [6.07, 6.45) is 0. The van der Waals surface area contributed by atoms with E-state index in [9.17, 15) is 4.79 Å². The second-order valence-electron chi connectivity index (χ2n) is 5.39. The second kappa shape index (κ2) is 7.35. The summed E-state index contributed by atoms with van der Waals surface area (Å²) in [5.41, 5.74) is 2.40. The zero-order valence-electron chi connectivity index (χ0n) is 14.3. The van der Waals surface area contributed by atoms with Crippen molar-refractivity contribution >= 4 is 35.0 Å². The van der Waals surface area contributed by atoms with Crippen molar-refractivity contribution in [2.75, 3.05) is 36.7 Å². The van der Waals surface area contributed by atoms with Gasteiger partial charge in [0.25, 0.3) is 0 Å². The van der Waals surface area contributed by atoms with Gasteiger partial charge in [0.05, 0.1) is 29.9 Å². The van der Waals surface area contributed by atoms with E-state index >= 15 is 0 Å². The van der Waals surface area contributed by atoms with Crippen LogP contribution in [0.15, 0.2) is 18.2 Å². The van der Waals surface area contributed by atoms with Crippen LogP contribution in [0.25, 0.3) is 0 Å². The van der Waals surface area contributed by atoms with Crippen LogP contribution < -0.4 is 20.3 Å². The largest absolute Gasteiger partial charge is 0.495 e. The van der Waals surface area contributed by atoms with E-state index in [2.05, 4.69) is 20.6 Å². The number of methoxy groups -OCH3 is 1. The first-order valence-electron chi connectivity index (χ1n) is 7.26. The van der Waals surface area contributed by atoms with Gasteiger partial charge >= 0.3 is 6.03 Å². The van der Waals surface area contributed by atoms with Crippen LogP contribution in [0, 0.1) is 13.8 Å². The number of ether oxygens (including phenoxy) is 1. The van der Waals surface area contributed by atoms with Gasteiger partial charge in [-0.25, -0.2) is 14.8 Å². The summed E-state index contributed by atoms with van der Waals surface area (Å²) in [7, 11) is 5.24. The highest BCUT2D eigenvalue weighted by atomic mass is 35.5. The maximum atomic E-state index is 12.3. The Kier molecular flexibility index (Phi) is 5.46. The average Bonchev–Trinajstić information content (AvgIpc) is 2.50. The summed E-state index contributed by atoms with van der Waals surface area (Å²) in [6.45, 7) is 3.63. The van der Waals surface area contributed by atoms with Gasteiger partial charge in [0, 0.05) is 19.1 Å². The Labute approximate surface area is 146 Å². The molecule has 0 aliphatic heterocycles. The van der Waals surface area contributed by atoms with Crippen molar-refractivity contribution in [3.63, 3.8) is 0 Å². The molecule has 1 aromatic heterocycles. The van der Waals surface area contributed by atoms with Gasteiger partial charge in [-0.15, -0.1) is 0 Å². The fourth-order valence-electron chi connectivity index (χ4n) is 2.12. The van der Waals surface area contributed by atoms with Crippen molar-refractivity contribution in [2.45, 2.75) is 13.8 Å². The van der Waals surface area contributed by atoms with Crippen molar-refractivity contribution < 1.29 is 9.53 Å². The van der Waals surface area contributed by atoms with Gasteiger partial charge in [-0.3, -0.25) is 0 Å². The number of benzene rings is 1. The first-order chi connectivity index (χ1) is 11.3. The van der Waals surface area contributed by atoms with E-state index in [1.807, 2.05) is 27.9 Å². The molecular formula is C16H20ClN5O2. The third kappa shape index (κ3) is 4.05. The molecule has 0 fully saturated rings. The molecule has 7 nitrogen and oxygen atoms in total. The summed E-state index contributed by atoms with van der Waals surface area (Å²) in [4.78, 5) is 22.8. The van der Waals surface area contributed by atoms with Gasteiger partial charge < -0.3 is 20.3 Å². The lowest BCUT2D eigenvalue weighted by molar-refractivity contribution is 0.262. The van der Waals surface area contributed by atoms with Gasteiger partial charge in [0.2, 0.25) is 5.95 Å². The first-order valence-corrected chi connectivity index (χ1v) is 7.63. The van der Waals surface area contributed by atoms with E-state index in [0.29, 0.717) is 39.5 Å². The monoisotopic (exact) mass is 349 g/mol. The molecule has 0 unspecified atom stereocenters. The van der Waals surface area contributed by atoms with Crippen LogP contribution in [-0.4, -0.2) is 37.2 Å². The van der Waals surface area contributed by atoms with Crippen LogP contribution >= 0.6 is 11.6 Å². The Balaban J connectivity index is 2.20. The standard InChI is InChI=1S/C16H20ClN5O2/c1-9-14(10(2)19-15(18-9)22(3)4)21-16(23)20-12-8-11(17)6-7-13(12)24-5/h6-8H,1-5H3,(H2,20,21,23). The lowest BCUT2D eigenvalue weighted by Gasteiger charge is -2.16. The molecule has 0 aliphatic rings. The van der Waals surface area contributed by atoms with Crippen molar-refractivity contribution in [2.24, 2.45) is 0 Å². The van der Waals surface area contributed by atoms with Gasteiger partial charge in [-0.05, 0) is 32.0 Å². The lowest BCUT2D eigenvalue weighted by Crippen LogP contribution is -2.22. The zero-order valence-corrected chi connectivity index (χ0v) is 15.0. The predicted octanol–water partition coefficient (Wildman–Crippen LogP) is 3.47. The predicted molar refractivity (Wildman–Crippen MR) is 96.5 cm³/mol. The maximum absolute atomic E-state index is 12.3. The molecule has 24 heavy (non-hydrogen) atoms. The zero-order chi connectivity index (χ0) is 17.9. The molecule has 0 spiro atoms. The van der Waals surface area contributed by atoms with E-state index in [0.717, 1.165) is 0 Å². The number of nitrogens with one attached hydrogen (secondary N) is 2. The van der Waals surface area contributed by atoms with E-state index in [-0.39, 0.29) is 0 Å². The van der Waals surface area contributed by atoms with Gasteiger partial charge in [-0.1, -0.05) is 11.6 Å². The molecule has 8 heteroatoms. The first kappa shape index (κ1) is 17.8. The van der Waals surface area contributed by atoms with Crippen LogP contribution in [0.5, 0.6) is 5.75 Å². The van der Waals surface area contributed by atoms with E-state index in [1.165, 1.54) is 7.11 Å². The Morgan fingerprint density at radius 1 is 1.17 bits per heavy atom. The van der Waals surface area contributed by atoms with E-state index in [4.69, 9.17) is 16.3 Å². The summed E-state index contributed by atoms with van der Waals surface area (Å²) >= 11 is 5.96. The second-order valence-corrected chi connectivity index (χ2v) is 5.82. The Bertz CT molecular complexity index is 741. The number of amides is 2. The number of halogens is 1. The number of carbonyl (C=O) groups is 1. The minimum atomic E-state index is -0.428. The molecule has 0 radical (unpaired) electrons. The quantitative estimate of drug-likeness (QED) is 0.883. The normalized spacial score (nSPS) is 10.2. The van der Waals surface area contributed by atoms with Gasteiger partial charge in [-0.2, -0.15) is 0 Å². The molecule has 0 saturated heterocycles. The molecule has 0 aliphatic carbocycles. The molecule has 2 amide bonds. The molecule has 0 saturated carbocycles. The SMILES string of the molecule is COc1ccc(Cl)cc1NC(=O)Nc1c(C)nc(N(C)C)nc1C. The van der Waals surface area contributed by atoms with Crippen molar-refractivity contribution in [3.05, 3.63) is 34.6 Å². The minimum absolute atomic E-state index is 0.428. The Hall–Kier alpha value is -2.54. The number of carbonyl (C=O) groups excluding carboxylic acids is 1. The molecule has 0 bridgehead atoms. The van der Waals surface area contributed by atoms with Crippen LogP contribution in [0.3, 0.4) is 0 Å². The highest BCUT2D eigenvalue weighted by molar-refractivity contribution is 6.31. The fourth-order valence-corrected chi connectivity index (χ4v) is 2.30. The van der Waals surface area contributed by atoms with E-state index in [1.54, 1.807) is 23.1 Å². The lowest BCUT2D eigenvalue weighted by atomic mass is 10.2. The molecule has 128 valence electrons. The fraction of sp³-hybridized carbons (Fsp3) is 0.312. The number of aryl methyl sites for hydroxylation is 2. The van der Waals surface area contributed by atoms with Crippen molar-refractivity contribution in [1.29, 1.82) is 0 Å². The maximum Gasteiger partial charge on any atom is 0.323 e. The summed E-state index contributed by atoms with van der Waals surface area (Å²) in [5.74, 6) is 1.11. The number of urea groups is 1. The highest BCUT2D eigenvalue weighted by Crippen LogP contribution is 2.28. The number of hydrogen-bond donors (Lipinski definition) is 2. The Morgan fingerprint density at radius 2 is 1.79 bits per heavy atom. The number of aromatic nitrogens is 2. The average molecular weight is 350 g/mol. The number of nitrogens with zero attached hydrogens (tertiary/aromatic N) is 3. The summed E-state index contributed by atoms with van der Waals surface area (Å²) in [6, 6.07) is 4.56. The molecule has 1 aromatic carbocycles. The molecular weight excluding hydrogens is 330 g/mol. The van der Waals surface area contributed by atoms with Crippen molar-refractivity contribution in [3.8, 4) is 5.75 Å². The van der Waals surface area contributed by atoms with Gasteiger partial charge in [0.15, 0.2) is 0 Å². The number of anilines is 3. The third-order valence-electron chi connectivity index (χ3n) is 3.31. The molecule has 2 N–H and O–H groups in total. The third-order valence-corrected chi connectivity index (χ3v) is 3.54. The van der Waals surface area contributed by atoms with Crippen LogP contribution in [0.4, 0.5) is 22.1 Å². The smallest absolute Gasteiger partial charge is 0.323 e. The Morgan fingerprint density at radius 3 is 2.33 bits per heavy atom. The summed E-state index contributed by atoms with van der Waals surface area (Å²) in [5, 5.41) is 5.99. The number of hydrogen-bond acceptors (Lipinski definition) is 5. The highest BCUT2D eigenvalue weighted by Gasteiger charge is 2.14. The topological polar surface area (TPSA) is 79.4 Å². The number of rotatable bonds is 4. The summed E-state index contributed by atoms with van der Waals surface area (Å²) < 4.78 is 5.21. The molecule has 1 heterocycles. The van der Waals surface area contributed by atoms with Crippen LogP contribution in [-0.2, 0) is 0 Å². The van der Waals surface area contributed by atoms with Crippen LogP contribution in [0.2, 0.25) is 5.02 Å². The minimum Gasteiger partial charge on any atom is -0.495 e. The van der Waals surface area contributed by atoms with Crippen LogP contribution in [0.1, 0.15) is 11.4 Å². The molecule has 2 aromatic rings. The van der Waals surface area contributed by atoms with Crippen molar-refractivity contribution in [1.82, 2.24) is 9.97 Å².